The Bertz CT molecular complexity index is 1410. The van der Waals surface area contributed by atoms with Gasteiger partial charge in [-0.15, -0.1) is 0 Å². The zero-order valence-corrected chi connectivity index (χ0v) is 29.8. The Labute approximate surface area is 263 Å². The van der Waals surface area contributed by atoms with Gasteiger partial charge in [-0.05, 0) is 98.1 Å². The Morgan fingerprint density at radius 2 is 1.02 bits per heavy atom. The maximum absolute atomic E-state index is 12.7. The van der Waals surface area contributed by atoms with Crippen LogP contribution in [-0.2, 0) is 38.4 Å². The van der Waals surface area contributed by atoms with E-state index in [0.717, 1.165) is 19.3 Å². The van der Waals surface area contributed by atoms with Gasteiger partial charge in [0, 0.05) is 6.42 Å². The highest BCUT2D eigenvalue weighted by molar-refractivity contribution is 7.80. The summed E-state index contributed by atoms with van der Waals surface area (Å²) in [6.45, 7) is 28.0. The summed E-state index contributed by atoms with van der Waals surface area (Å²) in [5.41, 5.74) is 8.25. The van der Waals surface area contributed by atoms with E-state index in [-0.39, 0.29) is 33.1 Å². The SMILES string of the molecule is CC(C)(C)c1cc(P(c2cc(C(C)(C)C)cc(C(C)(C)C)c2)c2cccc3c2[C@]2(CCC(=O)N2)CC3)cc(C(C)(C)C)c1. The van der Waals surface area contributed by atoms with Gasteiger partial charge in [0.1, 0.15) is 0 Å². The lowest BCUT2D eigenvalue weighted by Crippen LogP contribution is -2.41. The largest absolute Gasteiger partial charge is 0.347 e. The van der Waals surface area contributed by atoms with E-state index in [9.17, 15) is 4.79 Å². The van der Waals surface area contributed by atoms with Crippen molar-refractivity contribution in [2.24, 2.45) is 0 Å². The average molecular weight is 596 g/mol. The molecule has 1 amide bonds. The Balaban J connectivity index is 1.89. The molecule has 0 unspecified atom stereocenters. The van der Waals surface area contributed by atoms with Crippen LogP contribution in [0.2, 0.25) is 0 Å². The van der Waals surface area contributed by atoms with E-state index in [1.54, 1.807) is 0 Å². The Hall–Kier alpha value is -2.44. The van der Waals surface area contributed by atoms with Crippen LogP contribution in [0.3, 0.4) is 0 Å². The van der Waals surface area contributed by atoms with E-state index >= 15 is 0 Å². The topological polar surface area (TPSA) is 29.1 Å². The first kappa shape index (κ1) is 32.0. The van der Waals surface area contributed by atoms with Gasteiger partial charge in [-0.3, -0.25) is 4.79 Å². The number of amides is 1. The van der Waals surface area contributed by atoms with E-state index in [1.807, 2.05) is 0 Å². The number of benzene rings is 3. The fraction of sp³-hybridized carbons (Fsp3) is 0.525. The molecular formula is C40H54NOP. The van der Waals surface area contributed by atoms with Gasteiger partial charge < -0.3 is 5.32 Å². The summed E-state index contributed by atoms with van der Waals surface area (Å²) in [6.07, 6.45) is 3.53. The van der Waals surface area contributed by atoms with Crippen LogP contribution in [0.15, 0.2) is 54.6 Å². The zero-order valence-electron chi connectivity index (χ0n) is 28.9. The van der Waals surface area contributed by atoms with Crippen LogP contribution in [-0.4, -0.2) is 5.91 Å². The van der Waals surface area contributed by atoms with E-state index in [1.165, 1.54) is 49.3 Å². The molecule has 1 fully saturated rings. The number of rotatable bonds is 3. The summed E-state index contributed by atoms with van der Waals surface area (Å²) in [7, 11) is -0.910. The number of hydrogen-bond donors (Lipinski definition) is 1. The number of aryl methyl sites for hydroxylation is 1. The van der Waals surface area contributed by atoms with Gasteiger partial charge >= 0.3 is 0 Å². The van der Waals surface area contributed by atoms with Crippen LogP contribution >= 0.6 is 7.92 Å². The second kappa shape index (κ2) is 10.6. The first-order chi connectivity index (χ1) is 19.7. The van der Waals surface area contributed by atoms with Gasteiger partial charge in [-0.25, -0.2) is 0 Å². The van der Waals surface area contributed by atoms with E-state index in [4.69, 9.17) is 0 Å². The van der Waals surface area contributed by atoms with Gasteiger partial charge in [-0.2, -0.15) is 0 Å². The highest BCUT2D eigenvalue weighted by Gasteiger charge is 2.46. The predicted molar refractivity (Wildman–Crippen MR) is 187 cm³/mol. The number of carbonyl (C=O) groups excluding carboxylic acids is 1. The number of carbonyl (C=O) groups is 1. The second-order valence-corrected chi connectivity index (χ2v) is 19.5. The van der Waals surface area contributed by atoms with Gasteiger partial charge in [0.25, 0.3) is 0 Å². The summed E-state index contributed by atoms with van der Waals surface area (Å²) in [5.74, 6) is 0.196. The fourth-order valence-electron chi connectivity index (χ4n) is 6.74. The standard InChI is InChI=1S/C40H54NOP/c1-36(2,3)27-20-28(37(4,5)6)23-31(22-27)43(32-24-29(38(7,8)9)21-30(25-32)39(10,11)12)33-15-13-14-26-16-18-40(35(26)33)19-17-34(42)41-40/h13-15,20-25H,16-19H2,1-12H3,(H,41,42)/t40-/m1/s1. The zero-order chi connectivity index (χ0) is 31.8. The normalized spacial score (nSPS) is 19.3. The first-order valence-electron chi connectivity index (χ1n) is 16.2. The fourth-order valence-corrected chi connectivity index (χ4v) is 9.48. The molecule has 3 aromatic rings. The third-order valence-corrected chi connectivity index (χ3v) is 12.0. The van der Waals surface area contributed by atoms with Crippen molar-refractivity contribution in [1.82, 2.24) is 5.32 Å². The second-order valence-electron chi connectivity index (χ2n) is 17.3. The van der Waals surface area contributed by atoms with Crippen molar-refractivity contribution in [2.75, 3.05) is 0 Å². The van der Waals surface area contributed by atoms with Crippen molar-refractivity contribution < 1.29 is 4.79 Å². The van der Waals surface area contributed by atoms with Crippen LogP contribution in [0.5, 0.6) is 0 Å². The number of fused-ring (bicyclic) bond motifs is 2. The maximum Gasteiger partial charge on any atom is 0.220 e. The maximum atomic E-state index is 12.7. The molecule has 2 nitrogen and oxygen atoms in total. The molecule has 0 radical (unpaired) electrons. The van der Waals surface area contributed by atoms with E-state index in [0.29, 0.717) is 6.42 Å². The molecule has 3 heteroatoms. The lowest BCUT2D eigenvalue weighted by atomic mass is 9.81. The first-order valence-corrected chi connectivity index (χ1v) is 17.6. The molecule has 1 spiro atoms. The van der Waals surface area contributed by atoms with Crippen molar-refractivity contribution in [3.05, 3.63) is 88.0 Å². The summed E-state index contributed by atoms with van der Waals surface area (Å²) >= 11 is 0. The molecule has 2 aliphatic rings. The minimum Gasteiger partial charge on any atom is -0.347 e. The Morgan fingerprint density at radius 3 is 1.40 bits per heavy atom. The molecule has 1 aliphatic heterocycles. The van der Waals surface area contributed by atoms with E-state index < -0.39 is 7.92 Å². The quantitative estimate of drug-likeness (QED) is 0.302. The van der Waals surface area contributed by atoms with Crippen molar-refractivity contribution >= 4 is 29.7 Å². The lowest BCUT2D eigenvalue weighted by molar-refractivity contribution is -0.119. The van der Waals surface area contributed by atoms with Gasteiger partial charge in [0.05, 0.1) is 5.54 Å². The molecular weight excluding hydrogens is 541 g/mol. The van der Waals surface area contributed by atoms with Crippen molar-refractivity contribution in [2.45, 2.75) is 136 Å². The third-order valence-electron chi connectivity index (χ3n) is 9.64. The minimum absolute atomic E-state index is 0.0279. The summed E-state index contributed by atoms with van der Waals surface area (Å²) in [5, 5.41) is 7.75. The van der Waals surface area contributed by atoms with Crippen molar-refractivity contribution in [3.63, 3.8) is 0 Å². The molecule has 5 rings (SSSR count). The number of nitrogens with one attached hydrogen (secondary N) is 1. The van der Waals surface area contributed by atoms with Crippen LogP contribution in [0.4, 0.5) is 0 Å². The van der Waals surface area contributed by atoms with Crippen LogP contribution < -0.4 is 21.2 Å². The van der Waals surface area contributed by atoms with Gasteiger partial charge in [-0.1, -0.05) is 138 Å². The minimum atomic E-state index is -0.910. The molecule has 1 saturated heterocycles. The monoisotopic (exact) mass is 595 g/mol. The van der Waals surface area contributed by atoms with Crippen LogP contribution in [0.1, 0.15) is 136 Å². The average Bonchev–Trinajstić information content (AvgIpc) is 3.44. The molecule has 43 heavy (non-hydrogen) atoms. The summed E-state index contributed by atoms with van der Waals surface area (Å²) in [6, 6.07) is 21.9. The van der Waals surface area contributed by atoms with Crippen molar-refractivity contribution in [1.29, 1.82) is 0 Å². The van der Waals surface area contributed by atoms with Gasteiger partial charge in [0.15, 0.2) is 0 Å². The Morgan fingerprint density at radius 1 is 0.605 bits per heavy atom. The highest BCUT2D eigenvalue weighted by Crippen LogP contribution is 2.48. The molecule has 3 aromatic carbocycles. The van der Waals surface area contributed by atoms with Crippen LogP contribution in [0, 0.1) is 0 Å². The van der Waals surface area contributed by atoms with E-state index in [2.05, 4.69) is 143 Å². The molecule has 0 bridgehead atoms. The molecule has 0 saturated carbocycles. The molecule has 230 valence electrons. The highest BCUT2D eigenvalue weighted by atomic mass is 31.1. The van der Waals surface area contributed by atoms with Gasteiger partial charge in [0.2, 0.25) is 5.91 Å². The molecule has 1 N–H and O–H groups in total. The third kappa shape index (κ3) is 6.24. The molecule has 1 aliphatic carbocycles. The predicted octanol–water partition coefficient (Wildman–Crippen LogP) is 8.69. The Kier molecular flexibility index (Phi) is 7.87. The van der Waals surface area contributed by atoms with Crippen LogP contribution in [0.25, 0.3) is 0 Å². The number of hydrogen-bond acceptors (Lipinski definition) is 1. The summed E-state index contributed by atoms with van der Waals surface area (Å²) in [4.78, 5) is 12.7. The molecule has 1 atom stereocenters. The molecule has 0 aromatic heterocycles. The summed E-state index contributed by atoms with van der Waals surface area (Å²) < 4.78 is 0. The van der Waals surface area contributed by atoms with Crippen molar-refractivity contribution in [3.8, 4) is 0 Å². The molecule has 1 heterocycles. The smallest absolute Gasteiger partial charge is 0.220 e. The lowest BCUT2D eigenvalue weighted by Gasteiger charge is -2.34.